The van der Waals surface area contributed by atoms with Gasteiger partial charge in [0.2, 0.25) is 0 Å². The predicted octanol–water partition coefficient (Wildman–Crippen LogP) is 8.04. The number of nitrogens with zero attached hydrogens (tertiary/aromatic N) is 5. The fourth-order valence-electron chi connectivity index (χ4n) is 3.69. The zero-order chi connectivity index (χ0) is 26.0. The van der Waals surface area contributed by atoms with E-state index in [1.807, 2.05) is 91.9 Å². The molecule has 0 aliphatic heterocycles. The van der Waals surface area contributed by atoms with Crippen LogP contribution in [0.5, 0.6) is 0 Å². The van der Waals surface area contributed by atoms with E-state index in [1.165, 1.54) is 6.07 Å². The zero-order valence-corrected chi connectivity index (χ0v) is 22.7. The molecule has 6 heteroatoms. The molecule has 2 aromatic heterocycles. The summed E-state index contributed by atoms with van der Waals surface area (Å²) < 4.78 is 0. The van der Waals surface area contributed by atoms with Crippen molar-refractivity contribution in [2.24, 2.45) is 0 Å². The van der Waals surface area contributed by atoms with Gasteiger partial charge in [0.05, 0.1) is 13.1 Å². The molecule has 0 saturated heterocycles. The molecule has 5 rings (SSSR count). The van der Waals surface area contributed by atoms with Gasteiger partial charge in [-0.05, 0) is 35.9 Å². The van der Waals surface area contributed by atoms with Crippen molar-refractivity contribution in [1.82, 2.24) is 9.97 Å². The predicted molar refractivity (Wildman–Crippen MR) is 144 cm³/mol. The standard InChI is InChI=1S/C21H11N4.C11H8N.Ir/c1-14-9-19(25-13-18(14)16-7-5-4-6-8-16)17-10-15(12-22)11-20(23-2)21(17)24-3;1-2-6-10(7-3-1)11-8-4-5-9-12-11;/h4-9,11,13H,1H3;1-6,8-9H;/q2*-1;. The van der Waals surface area contributed by atoms with Crippen LogP contribution in [0, 0.1) is 43.5 Å². The number of benzene rings is 3. The van der Waals surface area contributed by atoms with Crippen molar-refractivity contribution in [1.29, 1.82) is 5.26 Å². The van der Waals surface area contributed by atoms with Gasteiger partial charge in [-0.25, -0.2) is 5.26 Å². The summed E-state index contributed by atoms with van der Waals surface area (Å²) in [6, 6.07) is 34.9. The molecule has 5 nitrogen and oxygen atoms in total. The molecule has 0 atom stereocenters. The molecular formula is C32H19IrN5-2. The van der Waals surface area contributed by atoms with Crippen LogP contribution in [0.15, 0.2) is 97.3 Å². The van der Waals surface area contributed by atoms with E-state index >= 15 is 0 Å². The minimum atomic E-state index is 0. The van der Waals surface area contributed by atoms with Crippen LogP contribution in [0.1, 0.15) is 11.1 Å². The Labute approximate surface area is 236 Å². The number of aromatic nitrogens is 2. The second-order valence-electron chi connectivity index (χ2n) is 7.87. The Morgan fingerprint density at radius 2 is 1.63 bits per heavy atom. The first-order valence-electron chi connectivity index (χ1n) is 11.3. The molecule has 0 saturated carbocycles. The molecule has 0 aliphatic rings. The molecule has 38 heavy (non-hydrogen) atoms. The number of pyridine rings is 2. The fourth-order valence-corrected chi connectivity index (χ4v) is 3.69. The summed E-state index contributed by atoms with van der Waals surface area (Å²) in [6.45, 7) is 16.6. The SMILES string of the molecule is [C-]#[N+]c1cc(C#N)[c-]c(-c2cc(C)c(-c3ccccc3)cn2)c1[N+]#[C-].[Ir].[c-]1ccccc1-c1ccccn1. The van der Waals surface area contributed by atoms with Gasteiger partial charge in [0.1, 0.15) is 0 Å². The molecule has 5 aromatic rings. The molecular weight excluding hydrogens is 647 g/mol. The molecule has 0 bridgehead atoms. The van der Waals surface area contributed by atoms with Crippen LogP contribution in [0.2, 0.25) is 0 Å². The van der Waals surface area contributed by atoms with Gasteiger partial charge in [-0.2, -0.15) is 0 Å². The molecule has 0 spiro atoms. The average Bonchev–Trinajstić information content (AvgIpc) is 2.98. The second-order valence-corrected chi connectivity index (χ2v) is 7.87. The molecule has 183 valence electrons. The van der Waals surface area contributed by atoms with Crippen molar-refractivity contribution in [3.8, 4) is 39.7 Å². The summed E-state index contributed by atoms with van der Waals surface area (Å²) in [5.41, 5.74) is 6.52. The summed E-state index contributed by atoms with van der Waals surface area (Å²) in [5.74, 6) is 0. The van der Waals surface area contributed by atoms with Crippen molar-refractivity contribution < 1.29 is 20.1 Å². The van der Waals surface area contributed by atoms with Crippen LogP contribution in [-0.2, 0) is 20.1 Å². The van der Waals surface area contributed by atoms with Crippen molar-refractivity contribution in [2.45, 2.75) is 6.92 Å². The summed E-state index contributed by atoms with van der Waals surface area (Å²) in [4.78, 5) is 15.5. The van der Waals surface area contributed by atoms with Crippen molar-refractivity contribution in [3.63, 3.8) is 0 Å². The van der Waals surface area contributed by atoms with Crippen LogP contribution < -0.4 is 0 Å². The largest absolute Gasteiger partial charge is 0.305 e. The van der Waals surface area contributed by atoms with E-state index in [-0.39, 0.29) is 37.0 Å². The maximum absolute atomic E-state index is 9.16. The average molecular weight is 666 g/mol. The van der Waals surface area contributed by atoms with Crippen LogP contribution in [0.4, 0.5) is 11.4 Å². The van der Waals surface area contributed by atoms with E-state index < -0.39 is 0 Å². The number of hydrogen-bond donors (Lipinski definition) is 0. The van der Waals surface area contributed by atoms with Gasteiger partial charge in [0.25, 0.3) is 0 Å². The summed E-state index contributed by atoms with van der Waals surface area (Å²) in [6.07, 6.45) is 3.54. The first-order chi connectivity index (χ1) is 18.1. The maximum Gasteiger partial charge on any atom is 0.181 e. The molecule has 0 aliphatic carbocycles. The van der Waals surface area contributed by atoms with Gasteiger partial charge in [-0.3, -0.25) is 14.7 Å². The Balaban J connectivity index is 0.000000258. The summed E-state index contributed by atoms with van der Waals surface area (Å²) in [7, 11) is 0. The normalized spacial score (nSPS) is 9.42. The number of rotatable bonds is 3. The Kier molecular flexibility index (Phi) is 9.76. The topological polar surface area (TPSA) is 58.3 Å². The van der Waals surface area contributed by atoms with Gasteiger partial charge in [0, 0.05) is 43.8 Å². The van der Waals surface area contributed by atoms with E-state index in [4.69, 9.17) is 18.4 Å². The van der Waals surface area contributed by atoms with Crippen molar-refractivity contribution in [3.05, 3.63) is 143 Å². The Hall–Kier alpha value is -4.92. The molecule has 0 unspecified atom stereocenters. The number of aryl methyl sites for hydroxylation is 1. The van der Waals surface area contributed by atoms with E-state index in [1.54, 1.807) is 12.4 Å². The molecule has 0 amide bonds. The summed E-state index contributed by atoms with van der Waals surface area (Å²) in [5, 5.41) is 9.16. The third kappa shape index (κ3) is 6.44. The minimum absolute atomic E-state index is 0. The van der Waals surface area contributed by atoms with Crippen molar-refractivity contribution in [2.75, 3.05) is 0 Å². The van der Waals surface area contributed by atoms with E-state index in [2.05, 4.69) is 31.8 Å². The molecule has 0 N–H and O–H groups in total. The summed E-state index contributed by atoms with van der Waals surface area (Å²) >= 11 is 0. The van der Waals surface area contributed by atoms with Crippen LogP contribution in [-0.4, -0.2) is 9.97 Å². The Morgan fingerprint density at radius 3 is 2.24 bits per heavy atom. The van der Waals surface area contributed by atoms with Crippen LogP contribution >= 0.6 is 0 Å². The zero-order valence-electron chi connectivity index (χ0n) is 20.3. The second kappa shape index (κ2) is 13.4. The first kappa shape index (κ1) is 27.7. The molecule has 0 fully saturated rings. The first-order valence-corrected chi connectivity index (χ1v) is 11.3. The van der Waals surface area contributed by atoms with Gasteiger partial charge >= 0.3 is 0 Å². The quantitative estimate of drug-likeness (QED) is 0.183. The third-order valence-electron chi connectivity index (χ3n) is 5.47. The van der Waals surface area contributed by atoms with Gasteiger partial charge in [-0.15, -0.1) is 48.0 Å². The van der Waals surface area contributed by atoms with Crippen LogP contribution in [0.25, 0.3) is 43.3 Å². The van der Waals surface area contributed by atoms with E-state index in [0.29, 0.717) is 11.3 Å². The Morgan fingerprint density at radius 1 is 0.868 bits per heavy atom. The monoisotopic (exact) mass is 666 g/mol. The Bertz CT molecular complexity index is 1610. The number of nitriles is 1. The number of hydrogen-bond acceptors (Lipinski definition) is 3. The minimum Gasteiger partial charge on any atom is -0.305 e. The fraction of sp³-hybridized carbons (Fsp3) is 0.0312. The van der Waals surface area contributed by atoms with Gasteiger partial charge in [-0.1, -0.05) is 59.7 Å². The molecule has 2 heterocycles. The molecule has 3 aromatic carbocycles. The van der Waals surface area contributed by atoms with Crippen LogP contribution in [0.3, 0.4) is 0 Å². The van der Waals surface area contributed by atoms with Gasteiger partial charge in [0.15, 0.2) is 11.4 Å². The van der Waals surface area contributed by atoms with Gasteiger partial charge < -0.3 is 4.98 Å². The maximum atomic E-state index is 9.16. The smallest absolute Gasteiger partial charge is 0.181 e. The third-order valence-corrected chi connectivity index (χ3v) is 5.47. The molecule has 1 radical (unpaired) electrons. The van der Waals surface area contributed by atoms with E-state index in [9.17, 15) is 0 Å². The van der Waals surface area contributed by atoms with Crippen molar-refractivity contribution >= 4 is 11.4 Å². The van der Waals surface area contributed by atoms with E-state index in [0.717, 1.165) is 27.9 Å².